The second kappa shape index (κ2) is 27.2. The van der Waals surface area contributed by atoms with Gasteiger partial charge in [-0.2, -0.15) is 0 Å². The predicted octanol–water partition coefficient (Wildman–Crippen LogP) is 1.21. The van der Waals surface area contributed by atoms with Crippen LogP contribution in [0.3, 0.4) is 0 Å². The lowest BCUT2D eigenvalue weighted by Gasteiger charge is -2.40. The molecule has 23 heteroatoms. The maximum absolute atomic E-state index is 14.2. The first-order valence-electron chi connectivity index (χ1n) is 22.6. The van der Waals surface area contributed by atoms with Crippen molar-refractivity contribution in [3.8, 4) is 0 Å². The monoisotopic (exact) mass is 971 g/mol. The fourth-order valence-electron chi connectivity index (χ4n) is 6.87. The van der Waals surface area contributed by atoms with Crippen molar-refractivity contribution in [2.45, 2.75) is 187 Å². The van der Waals surface area contributed by atoms with Crippen LogP contribution < -0.4 is 16.0 Å². The first kappa shape index (κ1) is 61.0. The van der Waals surface area contributed by atoms with Crippen LogP contribution in [-0.4, -0.2) is 153 Å². The van der Waals surface area contributed by atoms with Crippen molar-refractivity contribution in [3.05, 3.63) is 10.4 Å². The van der Waals surface area contributed by atoms with Crippen molar-refractivity contribution in [1.82, 2.24) is 16.0 Å². The highest BCUT2D eigenvalue weighted by Crippen LogP contribution is 2.24. The molecule has 0 spiro atoms. The van der Waals surface area contributed by atoms with Gasteiger partial charge >= 0.3 is 17.9 Å². The topological polar surface area (TPSA) is 356 Å². The summed E-state index contributed by atoms with van der Waals surface area (Å²) in [5.41, 5.74) is 5.83. The first-order valence-corrected chi connectivity index (χ1v) is 22.6. The molecule has 0 aromatic heterocycles. The number of rotatable bonds is 26. The van der Waals surface area contributed by atoms with Crippen LogP contribution in [0.1, 0.15) is 128 Å². The zero-order chi connectivity index (χ0) is 52.5. The number of esters is 3. The van der Waals surface area contributed by atoms with Crippen LogP contribution in [0.15, 0.2) is 5.11 Å². The van der Waals surface area contributed by atoms with Gasteiger partial charge in [-0.3, -0.25) is 43.2 Å². The number of ketones is 3. The van der Waals surface area contributed by atoms with Crippen LogP contribution in [0.4, 0.5) is 0 Å². The number of aliphatic hydroxyl groups is 4. The molecule has 3 amide bonds. The molecule has 7 N–H and O–H groups in total. The number of hydrogen-bond donors (Lipinski definition) is 7. The second-order valence-corrected chi connectivity index (χ2v) is 20.4. The van der Waals surface area contributed by atoms with Gasteiger partial charge in [0.25, 0.3) is 0 Å². The smallest absolute Gasteiger partial charge is 0.308 e. The number of azide groups is 1. The summed E-state index contributed by atoms with van der Waals surface area (Å²) in [4.78, 5) is 123. The maximum Gasteiger partial charge on any atom is 0.308 e. The summed E-state index contributed by atoms with van der Waals surface area (Å²) in [5.74, 6) is -11.6. The van der Waals surface area contributed by atoms with Crippen molar-refractivity contribution >= 4 is 53.0 Å². The molecule has 1 aliphatic heterocycles. The van der Waals surface area contributed by atoms with Gasteiger partial charge in [-0.15, -0.1) is 0 Å². The minimum Gasteiger partial charge on any atom is -0.460 e. The lowest BCUT2D eigenvalue weighted by molar-refractivity contribution is -0.227. The number of carbonyl (C=O) groups excluding carboxylic acids is 9. The van der Waals surface area contributed by atoms with E-state index in [1.807, 2.05) is 0 Å². The second-order valence-electron chi connectivity index (χ2n) is 20.4. The Kier molecular flexibility index (Phi) is 24.4. The molecule has 1 saturated heterocycles. The fraction of sp³-hybridized carbons (Fsp3) is 0.800. The van der Waals surface area contributed by atoms with E-state index >= 15 is 0 Å². The molecule has 0 aliphatic carbocycles. The van der Waals surface area contributed by atoms with Gasteiger partial charge in [-0.05, 0) is 80.2 Å². The number of ether oxygens (including phenoxy) is 4. The molecule has 0 aromatic rings. The standard InChI is InChI=1S/C45H74N6O17/c1-23(2)27(18-31(55)28(13-14-34(56)66-43(4,5)6)49-41(63)25(16-26(53)20-48-51-46)17-35(57)67-44(7,8)9)42(64)50-29(19-36(58)68-45(10,11)12)30(54)15-24(3)40(62)47-21-32-37(59)39(61)38(60)33(22-52)65-32/h23-25,27-29,32-33,37-39,52,59-61H,13-22H2,1-12H3,(H,47,62)(H,49,63)(H,50,64)/t24-,25+,27+,28+,29+,32+,33-,37+,38?,39?/m1/s1. The normalized spacial score (nSPS) is 20.8. The molecule has 0 saturated carbocycles. The Labute approximate surface area is 397 Å². The van der Waals surface area contributed by atoms with Gasteiger partial charge in [0.05, 0.1) is 44.0 Å². The molecule has 386 valence electrons. The summed E-state index contributed by atoms with van der Waals surface area (Å²) in [5, 5.41) is 50.8. The minimum absolute atomic E-state index is 0.339. The Morgan fingerprint density at radius 1 is 0.647 bits per heavy atom. The SMILES string of the molecule is CC(C)[C@H](CC(=O)[C@H](CCC(=O)OC(C)(C)C)NC(=O)[C@@H](CC(=O)CN=[N+]=[N-])CC(=O)OC(C)(C)C)C(=O)N[C@@H](CC(=O)OC(C)(C)C)C(=O)C[C@@H](C)C(=O)NC[C@@H]1O[C@H](CO)C(O)C(O)[C@H]1O. The van der Waals surface area contributed by atoms with Crippen LogP contribution in [0.5, 0.6) is 0 Å². The number of amides is 3. The molecule has 2 unspecified atom stereocenters. The average Bonchev–Trinajstić information content (AvgIpc) is 3.19. The molecule has 1 aliphatic rings. The average molecular weight is 971 g/mol. The third kappa shape index (κ3) is 22.8. The molecule has 1 rings (SSSR count). The maximum atomic E-state index is 14.2. The molecule has 0 radical (unpaired) electrons. The highest BCUT2D eigenvalue weighted by molar-refractivity contribution is 5.98. The number of Topliss-reactive ketones (excluding diaryl/α,β-unsaturated/α-hetero) is 3. The van der Waals surface area contributed by atoms with Crippen molar-refractivity contribution in [2.24, 2.45) is 28.8 Å². The molecule has 0 bridgehead atoms. The van der Waals surface area contributed by atoms with Crippen LogP contribution in [0.2, 0.25) is 0 Å². The Hall–Kier alpha value is -5.06. The molecule has 68 heavy (non-hydrogen) atoms. The first-order chi connectivity index (χ1) is 31.2. The third-order valence-electron chi connectivity index (χ3n) is 10.2. The van der Waals surface area contributed by atoms with Gasteiger partial charge < -0.3 is 55.3 Å². The van der Waals surface area contributed by atoms with E-state index in [1.165, 1.54) is 6.92 Å². The summed E-state index contributed by atoms with van der Waals surface area (Å²) >= 11 is 0. The molecular formula is C45H74N6O17. The van der Waals surface area contributed by atoms with Gasteiger partial charge in [-0.1, -0.05) is 25.9 Å². The van der Waals surface area contributed by atoms with Crippen molar-refractivity contribution < 1.29 is 82.5 Å². The lowest BCUT2D eigenvalue weighted by atomic mass is 9.86. The van der Waals surface area contributed by atoms with Crippen LogP contribution >= 0.6 is 0 Å². The minimum atomic E-state index is -1.69. The molecule has 1 heterocycles. The molecule has 10 atom stereocenters. The van der Waals surface area contributed by atoms with E-state index < -0.39 is 181 Å². The third-order valence-corrected chi connectivity index (χ3v) is 10.2. The van der Waals surface area contributed by atoms with E-state index in [9.17, 15) is 63.6 Å². The summed E-state index contributed by atoms with van der Waals surface area (Å²) in [6, 6.07) is -3.06. The summed E-state index contributed by atoms with van der Waals surface area (Å²) in [6.07, 6.45) is -11.1. The zero-order valence-electron chi connectivity index (χ0n) is 41.4. The van der Waals surface area contributed by atoms with Gasteiger partial charge in [0.15, 0.2) is 11.6 Å². The van der Waals surface area contributed by atoms with E-state index in [2.05, 4.69) is 26.0 Å². The fourth-order valence-corrected chi connectivity index (χ4v) is 6.87. The van der Waals surface area contributed by atoms with E-state index in [0.29, 0.717) is 0 Å². The van der Waals surface area contributed by atoms with Crippen LogP contribution in [-0.2, 0) is 62.1 Å². The largest absolute Gasteiger partial charge is 0.460 e. The highest BCUT2D eigenvalue weighted by Gasteiger charge is 2.44. The Bertz CT molecular complexity index is 1830. The number of hydrogen-bond acceptors (Lipinski definition) is 18. The zero-order valence-corrected chi connectivity index (χ0v) is 41.4. The van der Waals surface area contributed by atoms with Gasteiger partial charge in [0.2, 0.25) is 17.7 Å². The summed E-state index contributed by atoms with van der Waals surface area (Å²) in [6.45, 7) is 17.3. The quantitative estimate of drug-likeness (QED) is 0.0211. The van der Waals surface area contributed by atoms with E-state index in [1.54, 1.807) is 76.2 Å². The number of carbonyl (C=O) groups is 9. The van der Waals surface area contributed by atoms with E-state index in [0.717, 1.165) is 0 Å². The van der Waals surface area contributed by atoms with Gasteiger partial charge in [0, 0.05) is 49.0 Å². The Morgan fingerprint density at radius 2 is 1.15 bits per heavy atom. The highest BCUT2D eigenvalue weighted by atomic mass is 16.6. The van der Waals surface area contributed by atoms with E-state index in [4.69, 9.17) is 24.5 Å². The van der Waals surface area contributed by atoms with Gasteiger partial charge in [0.1, 0.15) is 53.1 Å². The summed E-state index contributed by atoms with van der Waals surface area (Å²) < 4.78 is 21.6. The predicted molar refractivity (Wildman–Crippen MR) is 241 cm³/mol. The number of nitrogens with zero attached hydrogens (tertiary/aromatic N) is 3. The van der Waals surface area contributed by atoms with E-state index in [-0.39, 0.29) is 19.4 Å². The lowest BCUT2D eigenvalue weighted by Crippen LogP contribution is -2.61. The number of aliphatic hydroxyl groups excluding tert-OH is 4. The van der Waals surface area contributed by atoms with Crippen LogP contribution in [0, 0.1) is 23.7 Å². The molecule has 23 nitrogen and oxygen atoms in total. The van der Waals surface area contributed by atoms with Crippen molar-refractivity contribution in [2.75, 3.05) is 19.7 Å². The van der Waals surface area contributed by atoms with Crippen molar-refractivity contribution in [3.63, 3.8) is 0 Å². The molecular weight excluding hydrogens is 897 g/mol. The Balaban J connectivity index is 3.46. The van der Waals surface area contributed by atoms with Crippen LogP contribution in [0.25, 0.3) is 10.4 Å². The number of nitrogens with one attached hydrogen (secondary N) is 3. The summed E-state index contributed by atoms with van der Waals surface area (Å²) in [7, 11) is 0. The Morgan fingerprint density at radius 3 is 1.66 bits per heavy atom. The molecule has 1 fully saturated rings. The van der Waals surface area contributed by atoms with Gasteiger partial charge in [-0.25, -0.2) is 0 Å². The van der Waals surface area contributed by atoms with Crippen molar-refractivity contribution in [1.29, 1.82) is 0 Å². The molecule has 0 aromatic carbocycles.